The van der Waals surface area contributed by atoms with Gasteiger partial charge in [-0.15, -0.1) is 0 Å². The van der Waals surface area contributed by atoms with Gasteiger partial charge in [0.25, 0.3) is 0 Å². The molecule has 0 atom stereocenters. The van der Waals surface area contributed by atoms with E-state index < -0.39 is 11.7 Å². The van der Waals surface area contributed by atoms with Crippen molar-refractivity contribution >= 4 is 21.7 Å². The van der Waals surface area contributed by atoms with E-state index in [-0.39, 0.29) is 11.2 Å². The van der Waals surface area contributed by atoms with Crippen LogP contribution in [-0.2, 0) is 6.18 Å². The number of halogens is 4. The van der Waals surface area contributed by atoms with Crippen LogP contribution in [0.2, 0.25) is 0 Å². The van der Waals surface area contributed by atoms with E-state index >= 15 is 0 Å². The molecule has 0 bridgehead atoms. The zero-order valence-corrected chi connectivity index (χ0v) is 13.1. The lowest BCUT2D eigenvalue weighted by Crippen LogP contribution is -2.36. The number of anilines is 1. The summed E-state index contributed by atoms with van der Waals surface area (Å²) in [6, 6.07) is 1.03. The molecule has 3 N–H and O–H groups in total. The van der Waals surface area contributed by atoms with Crippen molar-refractivity contribution in [3.63, 3.8) is 0 Å². The summed E-state index contributed by atoms with van der Waals surface area (Å²) in [6.45, 7) is 4.76. The minimum absolute atomic E-state index is 0.152. The van der Waals surface area contributed by atoms with Gasteiger partial charge in [0.2, 0.25) is 0 Å². The van der Waals surface area contributed by atoms with Gasteiger partial charge in [0.05, 0.1) is 5.56 Å². The summed E-state index contributed by atoms with van der Waals surface area (Å²) in [7, 11) is 0. The quantitative estimate of drug-likeness (QED) is 0.811. The number of alkyl halides is 3. The molecule has 0 aliphatic carbocycles. The van der Waals surface area contributed by atoms with Crippen LogP contribution in [0.4, 0.5) is 19.0 Å². The van der Waals surface area contributed by atoms with Gasteiger partial charge in [-0.2, -0.15) is 13.2 Å². The first-order chi connectivity index (χ1) is 9.28. The smallest absolute Gasteiger partial charge is 0.369 e. The van der Waals surface area contributed by atoms with Crippen molar-refractivity contribution < 1.29 is 13.2 Å². The van der Waals surface area contributed by atoms with Gasteiger partial charge < -0.3 is 11.1 Å². The molecular weight excluding hydrogens is 335 g/mol. The Kier molecular flexibility index (Phi) is 5.82. The van der Waals surface area contributed by atoms with Gasteiger partial charge in [-0.05, 0) is 46.8 Å². The molecule has 114 valence electrons. The van der Waals surface area contributed by atoms with E-state index in [0.717, 1.165) is 18.9 Å². The maximum absolute atomic E-state index is 13.0. The molecule has 20 heavy (non-hydrogen) atoms. The van der Waals surface area contributed by atoms with Gasteiger partial charge in [-0.25, -0.2) is 4.98 Å². The second kappa shape index (κ2) is 6.76. The van der Waals surface area contributed by atoms with E-state index in [2.05, 4.69) is 26.2 Å². The standard InChI is InChI=1S/C13H19BrF3N3/c1-3-12(4-2,7-18)8-20-11-10(13(15,16)17)5-9(14)6-19-11/h5-6H,3-4,7-8,18H2,1-2H3,(H,19,20). The zero-order chi connectivity index (χ0) is 15.4. The molecule has 0 radical (unpaired) electrons. The number of pyridine rings is 1. The molecule has 1 heterocycles. The maximum atomic E-state index is 13.0. The number of aromatic nitrogens is 1. The largest absolute Gasteiger partial charge is 0.419 e. The Morgan fingerprint density at radius 1 is 1.30 bits per heavy atom. The van der Waals surface area contributed by atoms with Crippen LogP contribution in [0.25, 0.3) is 0 Å². The number of nitrogens with one attached hydrogen (secondary N) is 1. The summed E-state index contributed by atoms with van der Waals surface area (Å²) >= 11 is 3.01. The highest BCUT2D eigenvalue weighted by Gasteiger charge is 2.35. The molecule has 1 rings (SSSR count). The molecule has 0 aromatic carbocycles. The van der Waals surface area contributed by atoms with E-state index in [0.29, 0.717) is 17.6 Å². The molecule has 0 unspecified atom stereocenters. The molecule has 7 heteroatoms. The second-order valence-corrected chi connectivity index (χ2v) is 5.73. The highest BCUT2D eigenvalue weighted by Crippen LogP contribution is 2.36. The Morgan fingerprint density at radius 2 is 1.90 bits per heavy atom. The van der Waals surface area contributed by atoms with Crippen molar-refractivity contribution in [1.29, 1.82) is 0 Å². The number of rotatable bonds is 6. The normalized spacial score (nSPS) is 12.6. The van der Waals surface area contributed by atoms with E-state index in [1.54, 1.807) is 0 Å². The van der Waals surface area contributed by atoms with Gasteiger partial charge in [0.15, 0.2) is 0 Å². The first kappa shape index (κ1) is 17.2. The summed E-state index contributed by atoms with van der Waals surface area (Å²) in [6.07, 6.45) is -1.50. The van der Waals surface area contributed by atoms with Crippen LogP contribution >= 0.6 is 15.9 Å². The summed E-state index contributed by atoms with van der Waals surface area (Å²) in [5, 5.41) is 2.81. The molecular formula is C13H19BrF3N3. The number of hydrogen-bond acceptors (Lipinski definition) is 3. The molecule has 1 aromatic rings. The van der Waals surface area contributed by atoms with Gasteiger partial charge in [-0.1, -0.05) is 13.8 Å². The van der Waals surface area contributed by atoms with Crippen molar-refractivity contribution in [2.24, 2.45) is 11.1 Å². The first-order valence-corrected chi connectivity index (χ1v) is 7.24. The van der Waals surface area contributed by atoms with E-state index in [4.69, 9.17) is 5.73 Å². The number of hydrogen-bond donors (Lipinski definition) is 2. The summed E-state index contributed by atoms with van der Waals surface area (Å²) < 4.78 is 39.2. The summed E-state index contributed by atoms with van der Waals surface area (Å²) in [5.74, 6) is -0.152. The van der Waals surface area contributed by atoms with Crippen LogP contribution in [0.5, 0.6) is 0 Å². The van der Waals surface area contributed by atoms with Crippen molar-refractivity contribution in [3.05, 3.63) is 22.3 Å². The Hall–Kier alpha value is -0.820. The monoisotopic (exact) mass is 353 g/mol. The number of nitrogens with zero attached hydrogens (tertiary/aromatic N) is 1. The van der Waals surface area contributed by atoms with Crippen LogP contribution < -0.4 is 11.1 Å². The Balaban J connectivity index is 2.98. The summed E-state index contributed by atoms with van der Waals surface area (Å²) in [5.41, 5.74) is 4.77. The molecule has 0 aliphatic rings. The minimum Gasteiger partial charge on any atom is -0.369 e. The van der Waals surface area contributed by atoms with Crippen molar-refractivity contribution in [2.45, 2.75) is 32.9 Å². The average Bonchev–Trinajstić information content (AvgIpc) is 2.41. The second-order valence-electron chi connectivity index (χ2n) is 4.81. The molecule has 0 saturated carbocycles. The fourth-order valence-corrected chi connectivity index (χ4v) is 2.26. The Bertz CT molecular complexity index is 437. The predicted octanol–water partition coefficient (Wildman–Crippen LogP) is 4.04. The van der Waals surface area contributed by atoms with Gasteiger partial charge in [0, 0.05) is 17.2 Å². The molecule has 1 aromatic heterocycles. The van der Waals surface area contributed by atoms with Crippen LogP contribution in [-0.4, -0.2) is 18.1 Å². The molecule has 0 aliphatic heterocycles. The SMILES string of the molecule is CCC(CC)(CN)CNc1ncc(Br)cc1C(F)(F)F. The topological polar surface area (TPSA) is 50.9 Å². The lowest BCUT2D eigenvalue weighted by molar-refractivity contribution is -0.137. The first-order valence-electron chi connectivity index (χ1n) is 6.44. The van der Waals surface area contributed by atoms with Crippen molar-refractivity contribution in [2.75, 3.05) is 18.4 Å². The lowest BCUT2D eigenvalue weighted by Gasteiger charge is -2.31. The number of nitrogens with two attached hydrogens (primary N) is 1. The highest BCUT2D eigenvalue weighted by atomic mass is 79.9. The van der Waals surface area contributed by atoms with Crippen LogP contribution in [0, 0.1) is 5.41 Å². The minimum atomic E-state index is -4.44. The molecule has 0 fully saturated rings. The van der Waals surface area contributed by atoms with Crippen molar-refractivity contribution in [1.82, 2.24) is 4.98 Å². The Labute approximate surface area is 125 Å². The van der Waals surface area contributed by atoms with Crippen LogP contribution in [0.15, 0.2) is 16.7 Å². The van der Waals surface area contributed by atoms with Gasteiger partial charge in [-0.3, -0.25) is 0 Å². The average molecular weight is 354 g/mol. The molecule has 3 nitrogen and oxygen atoms in total. The van der Waals surface area contributed by atoms with Crippen LogP contribution in [0.3, 0.4) is 0 Å². The van der Waals surface area contributed by atoms with E-state index in [1.165, 1.54) is 6.20 Å². The maximum Gasteiger partial charge on any atom is 0.419 e. The molecule has 0 saturated heterocycles. The van der Waals surface area contributed by atoms with E-state index in [1.807, 2.05) is 13.8 Å². The predicted molar refractivity (Wildman–Crippen MR) is 77.5 cm³/mol. The Morgan fingerprint density at radius 3 is 2.35 bits per heavy atom. The fraction of sp³-hybridized carbons (Fsp3) is 0.615. The van der Waals surface area contributed by atoms with Gasteiger partial charge >= 0.3 is 6.18 Å². The molecule has 0 spiro atoms. The fourth-order valence-electron chi connectivity index (χ4n) is 1.93. The third-order valence-corrected chi connectivity index (χ3v) is 4.16. The third kappa shape index (κ3) is 4.09. The summed E-state index contributed by atoms with van der Waals surface area (Å²) in [4.78, 5) is 3.83. The van der Waals surface area contributed by atoms with Crippen molar-refractivity contribution in [3.8, 4) is 0 Å². The lowest BCUT2D eigenvalue weighted by atomic mass is 9.82. The third-order valence-electron chi connectivity index (χ3n) is 3.72. The zero-order valence-electron chi connectivity index (χ0n) is 11.5. The van der Waals surface area contributed by atoms with Gasteiger partial charge in [0.1, 0.15) is 5.82 Å². The van der Waals surface area contributed by atoms with Crippen LogP contribution in [0.1, 0.15) is 32.3 Å². The molecule has 0 amide bonds. The van der Waals surface area contributed by atoms with E-state index in [9.17, 15) is 13.2 Å². The highest BCUT2D eigenvalue weighted by molar-refractivity contribution is 9.10.